The van der Waals surface area contributed by atoms with Crippen molar-refractivity contribution in [2.24, 2.45) is 5.10 Å². The van der Waals surface area contributed by atoms with Crippen LogP contribution < -0.4 is 14.9 Å². The van der Waals surface area contributed by atoms with Crippen molar-refractivity contribution in [3.63, 3.8) is 0 Å². The van der Waals surface area contributed by atoms with Crippen LogP contribution in [0.25, 0.3) is 0 Å². The molecule has 0 heterocycles. The van der Waals surface area contributed by atoms with Gasteiger partial charge in [-0.1, -0.05) is 55.7 Å². The maximum atomic E-state index is 12.6. The average Bonchev–Trinajstić information content (AvgIpc) is 2.92. The highest BCUT2D eigenvalue weighted by Gasteiger charge is 2.15. The van der Waals surface area contributed by atoms with E-state index in [0.717, 1.165) is 28.3 Å². The van der Waals surface area contributed by atoms with E-state index < -0.39 is 0 Å². The molecule has 5 heteroatoms. The molecule has 0 spiro atoms. The van der Waals surface area contributed by atoms with Gasteiger partial charge in [-0.05, 0) is 85.7 Å². The molecule has 0 saturated heterocycles. The van der Waals surface area contributed by atoms with Crippen molar-refractivity contribution in [1.29, 1.82) is 0 Å². The number of amides is 1. The number of benzene rings is 3. The number of carbonyl (C=O) groups excluding carboxylic acids is 1. The Kier molecular flexibility index (Phi) is 8.55. The van der Waals surface area contributed by atoms with Crippen LogP contribution in [0.2, 0.25) is 0 Å². The van der Waals surface area contributed by atoms with Crippen molar-refractivity contribution in [3.8, 4) is 11.5 Å². The number of carbonyl (C=O) groups is 1. The Morgan fingerprint density at radius 1 is 0.829 bits per heavy atom. The highest BCUT2D eigenvalue weighted by Crippen LogP contribution is 2.32. The normalized spacial score (nSPS) is 14.4. The van der Waals surface area contributed by atoms with E-state index in [4.69, 9.17) is 9.47 Å². The Hall–Kier alpha value is -3.60. The lowest BCUT2D eigenvalue weighted by atomic mass is 9.84. The quantitative estimate of drug-likeness (QED) is 0.274. The van der Waals surface area contributed by atoms with Crippen LogP contribution in [0.5, 0.6) is 11.5 Å². The molecule has 1 fully saturated rings. The summed E-state index contributed by atoms with van der Waals surface area (Å²) in [6.07, 6.45) is 6.59. The number of hydrogen-bond acceptors (Lipinski definition) is 4. The second-order valence-electron chi connectivity index (χ2n) is 8.99. The first-order chi connectivity index (χ1) is 17.1. The lowest BCUT2D eigenvalue weighted by Crippen LogP contribution is -2.19. The molecular weight excluding hydrogens is 436 g/mol. The minimum atomic E-state index is -0.234. The van der Waals surface area contributed by atoms with Crippen molar-refractivity contribution >= 4 is 11.6 Å². The van der Waals surface area contributed by atoms with Gasteiger partial charge in [0, 0.05) is 5.56 Å². The zero-order valence-corrected chi connectivity index (χ0v) is 20.6. The Morgan fingerprint density at radius 2 is 1.43 bits per heavy atom. The molecule has 35 heavy (non-hydrogen) atoms. The van der Waals surface area contributed by atoms with Crippen molar-refractivity contribution in [3.05, 3.63) is 95.1 Å². The summed E-state index contributed by atoms with van der Waals surface area (Å²) >= 11 is 0. The van der Waals surface area contributed by atoms with E-state index in [1.165, 1.54) is 37.7 Å². The Balaban J connectivity index is 1.28. The fraction of sp³-hybridized carbons (Fsp3) is 0.333. The number of nitrogens with one attached hydrogen (secondary N) is 1. The van der Waals surface area contributed by atoms with Gasteiger partial charge in [0.15, 0.2) is 0 Å². The fourth-order valence-electron chi connectivity index (χ4n) is 4.41. The van der Waals surface area contributed by atoms with Crippen LogP contribution in [0.15, 0.2) is 77.9 Å². The van der Waals surface area contributed by atoms with E-state index in [0.29, 0.717) is 24.7 Å². The molecule has 0 radical (unpaired) electrons. The van der Waals surface area contributed by atoms with Gasteiger partial charge in [0.1, 0.15) is 18.1 Å². The minimum absolute atomic E-state index is 0.234. The maximum Gasteiger partial charge on any atom is 0.271 e. The van der Waals surface area contributed by atoms with Crippen molar-refractivity contribution in [2.75, 3.05) is 6.61 Å². The average molecular weight is 471 g/mol. The molecule has 1 amide bonds. The second kappa shape index (κ2) is 12.2. The van der Waals surface area contributed by atoms with Crippen molar-refractivity contribution in [2.45, 2.75) is 58.5 Å². The molecule has 5 nitrogen and oxygen atoms in total. The summed E-state index contributed by atoms with van der Waals surface area (Å²) in [5.41, 5.74) is 7.43. The van der Waals surface area contributed by atoms with Gasteiger partial charge in [0.25, 0.3) is 5.91 Å². The molecule has 3 aromatic carbocycles. The third-order valence-corrected chi connectivity index (χ3v) is 6.49. The lowest BCUT2D eigenvalue weighted by molar-refractivity contribution is 0.0954. The predicted molar refractivity (Wildman–Crippen MR) is 140 cm³/mol. The molecule has 3 aromatic rings. The van der Waals surface area contributed by atoms with E-state index in [9.17, 15) is 4.79 Å². The Bertz CT molecular complexity index is 1110. The molecule has 4 rings (SSSR count). The van der Waals surface area contributed by atoms with E-state index in [2.05, 4.69) is 34.8 Å². The van der Waals surface area contributed by atoms with Crippen LogP contribution in [-0.2, 0) is 6.61 Å². The SMILES string of the molecule is CCOc1ccc(OCc2ccc(C(=O)N/N=C(\C)c3ccc(C4CCCCC4)cc3)cc2)cc1. The van der Waals surface area contributed by atoms with Crippen molar-refractivity contribution in [1.82, 2.24) is 5.43 Å². The third-order valence-electron chi connectivity index (χ3n) is 6.49. The zero-order valence-electron chi connectivity index (χ0n) is 20.6. The van der Waals surface area contributed by atoms with Gasteiger partial charge in [-0.25, -0.2) is 5.43 Å². The predicted octanol–water partition coefficient (Wildman–Crippen LogP) is 6.87. The summed E-state index contributed by atoms with van der Waals surface area (Å²) < 4.78 is 11.3. The van der Waals surface area contributed by atoms with Crippen molar-refractivity contribution < 1.29 is 14.3 Å². The van der Waals surface area contributed by atoms with E-state index in [1.807, 2.05) is 50.2 Å². The number of hydrazone groups is 1. The number of ether oxygens (including phenoxy) is 2. The summed E-state index contributed by atoms with van der Waals surface area (Å²) in [6.45, 7) is 4.93. The monoisotopic (exact) mass is 470 g/mol. The van der Waals surface area contributed by atoms with Crippen LogP contribution in [0.3, 0.4) is 0 Å². The highest BCUT2D eigenvalue weighted by molar-refractivity contribution is 6.00. The summed E-state index contributed by atoms with van der Waals surface area (Å²) in [6, 6.07) is 23.5. The smallest absolute Gasteiger partial charge is 0.271 e. The summed E-state index contributed by atoms with van der Waals surface area (Å²) in [7, 11) is 0. The fourth-order valence-corrected chi connectivity index (χ4v) is 4.41. The first kappa shape index (κ1) is 24.5. The van der Waals surface area contributed by atoms with E-state index >= 15 is 0 Å². The molecule has 0 aromatic heterocycles. The molecule has 0 atom stereocenters. The highest BCUT2D eigenvalue weighted by atomic mass is 16.5. The molecular formula is C30H34N2O3. The van der Waals surface area contributed by atoms with Gasteiger partial charge in [-0.15, -0.1) is 0 Å². The van der Waals surface area contributed by atoms with Crippen LogP contribution in [0, 0.1) is 0 Å². The molecule has 182 valence electrons. The number of nitrogens with zero attached hydrogens (tertiary/aromatic N) is 1. The zero-order chi connectivity index (χ0) is 24.5. The van der Waals surface area contributed by atoms with Gasteiger partial charge in [-0.2, -0.15) is 5.10 Å². The Labute approximate surface area is 208 Å². The van der Waals surface area contributed by atoms with Gasteiger partial charge < -0.3 is 9.47 Å². The maximum absolute atomic E-state index is 12.6. The van der Waals surface area contributed by atoms with E-state index in [1.54, 1.807) is 12.1 Å². The molecule has 1 N–H and O–H groups in total. The van der Waals surface area contributed by atoms with Gasteiger partial charge >= 0.3 is 0 Å². The summed E-state index contributed by atoms with van der Waals surface area (Å²) in [5.74, 6) is 2.04. The molecule has 0 unspecified atom stereocenters. The second-order valence-corrected chi connectivity index (χ2v) is 8.99. The number of hydrogen-bond donors (Lipinski definition) is 1. The minimum Gasteiger partial charge on any atom is -0.494 e. The first-order valence-corrected chi connectivity index (χ1v) is 12.5. The van der Waals surface area contributed by atoms with Gasteiger partial charge in [-0.3, -0.25) is 4.79 Å². The first-order valence-electron chi connectivity index (χ1n) is 12.5. The van der Waals surface area contributed by atoms with Crippen LogP contribution in [-0.4, -0.2) is 18.2 Å². The summed E-state index contributed by atoms with van der Waals surface area (Å²) in [4.78, 5) is 12.6. The van der Waals surface area contributed by atoms with Gasteiger partial charge in [0.2, 0.25) is 0 Å². The molecule has 1 aliphatic carbocycles. The topological polar surface area (TPSA) is 59.9 Å². The van der Waals surface area contributed by atoms with Gasteiger partial charge in [0.05, 0.1) is 12.3 Å². The lowest BCUT2D eigenvalue weighted by Gasteiger charge is -2.22. The molecule has 0 aliphatic heterocycles. The molecule has 1 saturated carbocycles. The van der Waals surface area contributed by atoms with Crippen LogP contribution in [0.4, 0.5) is 0 Å². The largest absolute Gasteiger partial charge is 0.494 e. The Morgan fingerprint density at radius 3 is 2.06 bits per heavy atom. The third kappa shape index (κ3) is 6.95. The summed E-state index contributed by atoms with van der Waals surface area (Å²) in [5, 5.41) is 4.31. The number of rotatable bonds is 9. The van der Waals surface area contributed by atoms with Crippen LogP contribution in [0.1, 0.15) is 78.9 Å². The van der Waals surface area contributed by atoms with Crippen LogP contribution >= 0.6 is 0 Å². The molecule has 1 aliphatic rings. The standard InChI is InChI=1S/C30H34N2O3/c1-3-34-28-17-19-29(20-18-28)35-21-23-9-11-27(12-10-23)30(33)32-31-22(2)24-13-15-26(16-14-24)25-7-5-4-6-8-25/h9-20,25H,3-8,21H2,1-2H3,(H,32,33)/b31-22+. The molecule has 0 bridgehead atoms. The van der Waals surface area contributed by atoms with E-state index in [-0.39, 0.29) is 5.91 Å².